The molecule has 1 aliphatic heterocycles. The van der Waals surface area contributed by atoms with E-state index in [0.29, 0.717) is 26.2 Å². The summed E-state index contributed by atoms with van der Waals surface area (Å²) in [4.78, 5) is 20.8. The van der Waals surface area contributed by atoms with Crippen molar-refractivity contribution in [1.82, 2.24) is 19.4 Å². The lowest BCUT2D eigenvalue weighted by atomic mass is 10.1. The van der Waals surface area contributed by atoms with E-state index < -0.39 is 0 Å². The zero-order chi connectivity index (χ0) is 14.5. The van der Waals surface area contributed by atoms with E-state index in [-0.39, 0.29) is 11.9 Å². The minimum Gasteiger partial charge on any atom is -0.381 e. The number of nitrogens with zero attached hydrogens (tertiary/aromatic N) is 4. The molecule has 0 spiro atoms. The number of likely N-dealkylation sites (N-methyl/N-ethyl adjacent to an activating group) is 1. The summed E-state index contributed by atoms with van der Waals surface area (Å²) in [7, 11) is 4.08. The van der Waals surface area contributed by atoms with Gasteiger partial charge in [-0.2, -0.15) is 0 Å². The van der Waals surface area contributed by atoms with Gasteiger partial charge >= 0.3 is 0 Å². The summed E-state index contributed by atoms with van der Waals surface area (Å²) >= 11 is 0. The van der Waals surface area contributed by atoms with Gasteiger partial charge < -0.3 is 14.2 Å². The number of aromatic nitrogens is 2. The number of amides is 1. The molecule has 1 atom stereocenters. The highest BCUT2D eigenvalue weighted by Gasteiger charge is 2.30. The number of hydrogen-bond donors (Lipinski definition) is 0. The van der Waals surface area contributed by atoms with Crippen LogP contribution >= 0.6 is 0 Å². The van der Waals surface area contributed by atoms with Crippen molar-refractivity contribution >= 4 is 5.91 Å². The number of ether oxygens (including phenoxy) is 1. The average Bonchev–Trinajstić information content (AvgIpc) is 2.85. The zero-order valence-electron chi connectivity index (χ0n) is 12.6. The van der Waals surface area contributed by atoms with Crippen molar-refractivity contribution in [3.8, 4) is 0 Å². The van der Waals surface area contributed by atoms with E-state index >= 15 is 0 Å². The monoisotopic (exact) mass is 280 g/mol. The lowest BCUT2D eigenvalue weighted by Crippen LogP contribution is -2.49. The van der Waals surface area contributed by atoms with Gasteiger partial charge in [-0.15, -0.1) is 0 Å². The third-order valence-corrected chi connectivity index (χ3v) is 3.82. The Labute approximate surface area is 120 Å². The molecular weight excluding hydrogens is 256 g/mol. The molecule has 6 nitrogen and oxygen atoms in total. The summed E-state index contributed by atoms with van der Waals surface area (Å²) in [5.41, 5.74) is 0. The number of carbonyl (C=O) groups excluding carboxylic acids is 1. The first-order valence-electron chi connectivity index (χ1n) is 7.16. The van der Waals surface area contributed by atoms with Crippen molar-refractivity contribution in [2.45, 2.75) is 19.4 Å². The van der Waals surface area contributed by atoms with Crippen molar-refractivity contribution in [2.75, 3.05) is 39.9 Å². The molecule has 0 aliphatic carbocycles. The fourth-order valence-corrected chi connectivity index (χ4v) is 2.54. The average molecular weight is 280 g/mol. The molecule has 0 bridgehead atoms. The summed E-state index contributed by atoms with van der Waals surface area (Å²) in [6.45, 7) is 5.46. The molecule has 20 heavy (non-hydrogen) atoms. The topological polar surface area (TPSA) is 50.6 Å². The van der Waals surface area contributed by atoms with Crippen LogP contribution in [0, 0.1) is 0 Å². The molecule has 6 heteroatoms. The maximum Gasteiger partial charge on any atom is 0.224 e. The zero-order valence-corrected chi connectivity index (χ0v) is 12.6. The molecule has 1 saturated heterocycles. The van der Waals surface area contributed by atoms with Gasteiger partial charge in [0, 0.05) is 45.7 Å². The molecule has 1 amide bonds. The van der Waals surface area contributed by atoms with Crippen molar-refractivity contribution in [3.63, 3.8) is 0 Å². The molecule has 1 aliphatic rings. The molecule has 1 aromatic heterocycles. The van der Waals surface area contributed by atoms with Crippen LogP contribution < -0.4 is 0 Å². The fourth-order valence-electron chi connectivity index (χ4n) is 2.54. The number of rotatable bonds is 5. The molecule has 2 heterocycles. The van der Waals surface area contributed by atoms with E-state index in [1.165, 1.54) is 0 Å². The van der Waals surface area contributed by atoms with Gasteiger partial charge in [-0.3, -0.25) is 9.69 Å². The second kappa shape index (κ2) is 6.85. The number of imidazole rings is 1. The summed E-state index contributed by atoms with van der Waals surface area (Å²) < 4.78 is 7.28. The summed E-state index contributed by atoms with van der Waals surface area (Å²) in [6, 6.07) is 0.166. The Balaban J connectivity index is 1.97. The van der Waals surface area contributed by atoms with Crippen molar-refractivity contribution in [2.24, 2.45) is 7.05 Å². The first-order chi connectivity index (χ1) is 9.63. The summed E-state index contributed by atoms with van der Waals surface area (Å²) in [5.74, 6) is 1.18. The van der Waals surface area contributed by atoms with Crippen LogP contribution in [-0.4, -0.2) is 65.2 Å². The SMILES string of the molecule is CCOCCC(=O)N1CCN(C)[C@H](c2nccn2C)C1. The second-order valence-electron chi connectivity index (χ2n) is 5.18. The summed E-state index contributed by atoms with van der Waals surface area (Å²) in [6.07, 6.45) is 4.21. The standard InChI is InChI=1S/C14H24N4O2/c1-4-20-10-5-13(19)18-9-8-16(2)12(11-18)14-15-6-7-17(14)3/h6-7,12H,4-5,8-11H2,1-3H3/t12-/m0/s1. The normalized spacial score (nSPS) is 20.4. The van der Waals surface area contributed by atoms with Crippen LogP contribution in [0.3, 0.4) is 0 Å². The van der Waals surface area contributed by atoms with E-state index in [2.05, 4.69) is 16.9 Å². The Morgan fingerprint density at radius 2 is 2.25 bits per heavy atom. The van der Waals surface area contributed by atoms with Crippen LogP contribution in [-0.2, 0) is 16.6 Å². The van der Waals surface area contributed by atoms with Gasteiger partial charge in [0.25, 0.3) is 0 Å². The molecule has 1 fully saturated rings. The number of piperazine rings is 1. The Morgan fingerprint density at radius 3 is 2.90 bits per heavy atom. The van der Waals surface area contributed by atoms with Gasteiger partial charge in [-0.25, -0.2) is 4.98 Å². The largest absolute Gasteiger partial charge is 0.381 e. The molecular formula is C14H24N4O2. The van der Waals surface area contributed by atoms with E-state index in [9.17, 15) is 4.79 Å². The van der Waals surface area contributed by atoms with Crippen LogP contribution in [0.2, 0.25) is 0 Å². The predicted molar refractivity (Wildman–Crippen MR) is 76.3 cm³/mol. The first kappa shape index (κ1) is 15.0. The highest BCUT2D eigenvalue weighted by Crippen LogP contribution is 2.22. The second-order valence-corrected chi connectivity index (χ2v) is 5.18. The lowest BCUT2D eigenvalue weighted by Gasteiger charge is -2.39. The molecule has 0 N–H and O–H groups in total. The van der Waals surface area contributed by atoms with Crippen molar-refractivity contribution in [3.05, 3.63) is 18.2 Å². The van der Waals surface area contributed by atoms with Gasteiger partial charge in [0.1, 0.15) is 5.82 Å². The van der Waals surface area contributed by atoms with Crippen molar-refractivity contribution < 1.29 is 9.53 Å². The van der Waals surface area contributed by atoms with E-state index in [1.807, 2.05) is 29.6 Å². The van der Waals surface area contributed by atoms with Crippen LogP contribution in [0.5, 0.6) is 0 Å². The van der Waals surface area contributed by atoms with E-state index in [0.717, 1.165) is 18.9 Å². The van der Waals surface area contributed by atoms with Crippen molar-refractivity contribution in [1.29, 1.82) is 0 Å². The quantitative estimate of drug-likeness (QED) is 0.744. The minimum absolute atomic E-state index is 0.166. The van der Waals surface area contributed by atoms with Crippen LogP contribution in [0.1, 0.15) is 25.2 Å². The van der Waals surface area contributed by atoms with Gasteiger partial charge in [-0.1, -0.05) is 0 Å². The molecule has 0 aromatic carbocycles. The predicted octanol–water partition coefficient (Wildman–Crippen LogP) is 0.662. The number of hydrogen-bond acceptors (Lipinski definition) is 4. The first-order valence-corrected chi connectivity index (χ1v) is 7.16. The fraction of sp³-hybridized carbons (Fsp3) is 0.714. The maximum absolute atomic E-state index is 12.2. The molecule has 0 radical (unpaired) electrons. The molecule has 1 aromatic rings. The summed E-state index contributed by atoms with van der Waals surface area (Å²) in [5, 5.41) is 0. The molecule has 0 unspecified atom stereocenters. The molecule has 112 valence electrons. The van der Waals surface area contributed by atoms with Crippen LogP contribution in [0.15, 0.2) is 12.4 Å². The van der Waals surface area contributed by atoms with E-state index in [1.54, 1.807) is 6.20 Å². The Morgan fingerprint density at radius 1 is 1.45 bits per heavy atom. The Kier molecular flexibility index (Phi) is 5.14. The highest BCUT2D eigenvalue weighted by molar-refractivity contribution is 5.76. The van der Waals surface area contributed by atoms with Gasteiger partial charge in [0.05, 0.1) is 19.1 Å². The highest BCUT2D eigenvalue weighted by atomic mass is 16.5. The minimum atomic E-state index is 0.166. The number of carbonyl (C=O) groups is 1. The van der Waals surface area contributed by atoms with Gasteiger partial charge in [0.2, 0.25) is 5.91 Å². The number of aryl methyl sites for hydroxylation is 1. The maximum atomic E-state index is 12.2. The van der Waals surface area contributed by atoms with Gasteiger partial charge in [-0.05, 0) is 14.0 Å². The third kappa shape index (κ3) is 3.37. The Bertz CT molecular complexity index is 446. The smallest absolute Gasteiger partial charge is 0.224 e. The molecule has 0 saturated carbocycles. The third-order valence-electron chi connectivity index (χ3n) is 3.82. The van der Waals surface area contributed by atoms with Crippen LogP contribution in [0.4, 0.5) is 0 Å². The van der Waals surface area contributed by atoms with E-state index in [4.69, 9.17) is 4.74 Å². The molecule has 2 rings (SSSR count). The van der Waals surface area contributed by atoms with Crippen LogP contribution in [0.25, 0.3) is 0 Å². The van der Waals surface area contributed by atoms with Gasteiger partial charge in [0.15, 0.2) is 0 Å². The Hall–Kier alpha value is -1.40. The lowest BCUT2D eigenvalue weighted by molar-refractivity contribution is -0.135.